The molecule has 0 fully saturated rings. The van der Waals surface area contributed by atoms with Gasteiger partial charge in [-0.1, -0.05) is 0 Å². The van der Waals surface area contributed by atoms with Crippen molar-refractivity contribution in [3.8, 4) is 0 Å². The van der Waals surface area contributed by atoms with Crippen molar-refractivity contribution >= 4 is 19.7 Å². The van der Waals surface area contributed by atoms with Gasteiger partial charge in [0.15, 0.2) is 0 Å². The highest BCUT2D eigenvalue weighted by Gasteiger charge is 1.64. The molecule has 0 aliphatic rings. The van der Waals surface area contributed by atoms with Gasteiger partial charge in [0.05, 0.1) is 0 Å². The fourth-order valence-electron chi connectivity index (χ4n) is 0. The van der Waals surface area contributed by atoms with E-state index >= 15 is 0 Å². The van der Waals surface area contributed by atoms with Gasteiger partial charge in [0.25, 0.3) is 0 Å². The van der Waals surface area contributed by atoms with E-state index < -0.39 is 7.82 Å². The smallest absolute Gasteiger partial charge is 0.336 e. The first-order chi connectivity index (χ1) is 5.46. The number of hydrogen-bond acceptors (Lipinski definition) is 4. The summed E-state index contributed by atoms with van der Waals surface area (Å²) in [6.07, 6.45) is 0. The molecule has 0 saturated heterocycles. The lowest BCUT2D eigenvalue weighted by molar-refractivity contribution is -0.432. The van der Waals surface area contributed by atoms with Crippen LogP contribution in [0.15, 0.2) is 0 Å². The van der Waals surface area contributed by atoms with Crippen molar-refractivity contribution in [2.45, 2.75) is 0 Å². The summed E-state index contributed by atoms with van der Waals surface area (Å²) in [5.74, 6) is -0.167. The topological polar surface area (TPSA) is 242 Å². The van der Waals surface area contributed by atoms with E-state index in [4.69, 9.17) is 19.2 Å². The Morgan fingerprint density at radius 3 is 0.923 bits per heavy atom. The molecule has 10 nitrogen and oxygen atoms in total. The highest BCUT2D eigenvalue weighted by molar-refractivity contribution is 7.40. The van der Waals surface area contributed by atoms with E-state index in [0.29, 0.717) is 0 Å². The number of phosphoric acid groups is 1. The number of guanidine groups is 2. The van der Waals surface area contributed by atoms with Gasteiger partial charge in [-0.3, -0.25) is 33.8 Å². The summed E-state index contributed by atoms with van der Waals surface area (Å²) >= 11 is 0. The number of nitrogens with two attached hydrogens (primary N) is 6. The zero-order valence-electron chi connectivity index (χ0n) is 6.54. The maximum atomic E-state index is 8.55. The summed E-state index contributed by atoms with van der Waals surface area (Å²) in [6, 6.07) is 0. The van der Waals surface area contributed by atoms with E-state index in [1.165, 1.54) is 0 Å². The van der Waals surface area contributed by atoms with Crippen LogP contribution in [0.4, 0.5) is 0 Å². The molecule has 80 valence electrons. The van der Waals surface area contributed by atoms with Gasteiger partial charge in [-0.25, -0.2) is 0 Å². The van der Waals surface area contributed by atoms with Crippen LogP contribution in [0.3, 0.4) is 0 Å². The second kappa shape index (κ2) is 8.74. The Morgan fingerprint density at radius 2 is 0.923 bits per heavy atom. The van der Waals surface area contributed by atoms with Crippen LogP contribution < -0.4 is 48.4 Å². The van der Waals surface area contributed by atoms with Crippen molar-refractivity contribution in [1.29, 1.82) is 0 Å². The van der Waals surface area contributed by atoms with Crippen LogP contribution in [0.1, 0.15) is 0 Å². The molecule has 0 atom stereocenters. The molecule has 0 radical (unpaired) electrons. The van der Waals surface area contributed by atoms with Gasteiger partial charge >= 0.3 is 11.9 Å². The Balaban J connectivity index is -0.000000117. The Bertz CT molecular complexity index is 171. The Kier molecular flexibility index (Phi) is 11.9. The highest BCUT2D eigenvalue weighted by Crippen LogP contribution is 2.03. The van der Waals surface area contributed by atoms with Gasteiger partial charge in [-0.05, 0) is 0 Å². The lowest BCUT2D eigenvalue weighted by atomic mass is 11.1. The molecule has 0 aromatic rings. The summed E-state index contributed by atoms with van der Waals surface area (Å²) in [5.41, 5.74) is 18.3. The molecule has 11 heteroatoms. The minimum atomic E-state index is -5.39. The van der Waals surface area contributed by atoms with Crippen molar-refractivity contribution in [3.05, 3.63) is 0 Å². The maximum Gasteiger partial charge on any atom is 0.336 e. The Hall–Kier alpha value is -1.35. The van der Waals surface area contributed by atoms with Gasteiger partial charge in [-0.2, -0.15) is 7.82 Å². The van der Waals surface area contributed by atoms with Gasteiger partial charge in [0, 0.05) is 0 Å². The molecule has 0 aliphatic heterocycles. The zero-order chi connectivity index (χ0) is 11.7. The summed E-state index contributed by atoms with van der Waals surface area (Å²) in [5, 5.41) is 9.17. The monoisotopic (exact) mass is 215 g/mol. The molecule has 0 aromatic heterocycles. The second-order valence-electron chi connectivity index (χ2n) is 1.45. The van der Waals surface area contributed by atoms with Crippen molar-refractivity contribution in [1.82, 2.24) is 0 Å². The predicted molar refractivity (Wildman–Crippen MR) is 38.2 cm³/mol. The summed E-state index contributed by atoms with van der Waals surface area (Å²) in [7, 11) is -5.39. The highest BCUT2D eigenvalue weighted by atomic mass is 31.2. The summed E-state index contributed by atoms with van der Waals surface area (Å²) < 4.78 is 8.55. The first-order valence-electron chi connectivity index (χ1n) is 2.46. The van der Waals surface area contributed by atoms with E-state index in [-0.39, 0.29) is 11.9 Å². The number of rotatable bonds is 0. The molecule has 0 spiro atoms. The molecule has 0 rings (SSSR count). The van der Waals surface area contributed by atoms with Gasteiger partial charge in [0.2, 0.25) is 0 Å². The minimum Gasteiger partial charge on any atom is -0.822 e. The van der Waals surface area contributed by atoms with Crippen LogP contribution in [0.25, 0.3) is 0 Å². The normalized spacial score (nSPS) is 8.23. The molecule has 13 heavy (non-hydrogen) atoms. The molecule has 0 amide bonds. The van der Waals surface area contributed by atoms with E-state index in [9.17, 15) is 0 Å². The largest absolute Gasteiger partial charge is 0.822 e. The van der Waals surface area contributed by atoms with E-state index in [0.717, 1.165) is 0 Å². The Labute approximate surface area is 73.8 Å². The molecule has 12 N–H and O–H groups in total. The lowest BCUT2D eigenvalue weighted by Gasteiger charge is -2.36. The van der Waals surface area contributed by atoms with Crippen LogP contribution in [0, 0.1) is 0 Å². The molecule has 0 unspecified atom stereocenters. The lowest BCUT2D eigenvalue weighted by Crippen LogP contribution is -2.51. The van der Waals surface area contributed by atoms with Gasteiger partial charge < -0.3 is 19.2 Å². The maximum absolute atomic E-state index is 8.55. The van der Waals surface area contributed by atoms with Crippen LogP contribution in [0.5, 0.6) is 0 Å². The molecule has 0 bridgehead atoms. The number of hydrogen-bond donors (Lipinski definition) is 6. The van der Waals surface area contributed by atoms with E-state index in [1.54, 1.807) is 0 Å². The van der Waals surface area contributed by atoms with Crippen LogP contribution in [-0.4, -0.2) is 11.9 Å². The van der Waals surface area contributed by atoms with Crippen molar-refractivity contribution in [3.63, 3.8) is 0 Å². The SMILES string of the molecule is NC(N)=[NH2+].NC(N)=[NH2+].O=P([O-])([O-])[O-]. The molecular formula is C2H12N6O4P-. The summed E-state index contributed by atoms with van der Waals surface area (Å²) in [4.78, 5) is 25.6. The molecule has 0 aliphatic carbocycles. The fourth-order valence-corrected chi connectivity index (χ4v) is 0. The van der Waals surface area contributed by atoms with Crippen LogP contribution >= 0.6 is 7.82 Å². The van der Waals surface area contributed by atoms with Crippen LogP contribution in [-0.2, 0) is 4.57 Å². The van der Waals surface area contributed by atoms with Gasteiger partial charge in [-0.15, -0.1) is 0 Å². The van der Waals surface area contributed by atoms with Crippen molar-refractivity contribution < 1.29 is 30.1 Å². The average Bonchev–Trinajstić information content (AvgIpc) is 1.50. The second-order valence-corrected chi connectivity index (χ2v) is 2.34. The summed E-state index contributed by atoms with van der Waals surface area (Å²) in [6.45, 7) is 0. The first-order valence-corrected chi connectivity index (χ1v) is 3.92. The first kappa shape index (κ1) is 17.7. The average molecular weight is 215 g/mol. The molecular weight excluding hydrogens is 203 g/mol. The quantitative estimate of drug-likeness (QED) is 0.128. The third-order valence-corrected chi connectivity index (χ3v) is 0. The van der Waals surface area contributed by atoms with E-state index in [2.05, 4.69) is 33.8 Å². The van der Waals surface area contributed by atoms with E-state index in [1.807, 2.05) is 0 Å². The molecule has 0 heterocycles. The van der Waals surface area contributed by atoms with Crippen LogP contribution in [0.2, 0.25) is 0 Å². The molecule has 0 saturated carbocycles. The molecule has 0 aromatic carbocycles. The fraction of sp³-hybridized carbons (Fsp3) is 0. The standard InChI is InChI=1S/2CH5N3.H3O4P/c2*2-1(3)4;1-5(2,3)4/h2*(H5,2,3,4);(H3,1,2,3,4)/p-1. The third kappa shape index (κ3) is 437. The zero-order valence-corrected chi connectivity index (χ0v) is 7.44. The third-order valence-electron chi connectivity index (χ3n) is 0. The van der Waals surface area contributed by atoms with Crippen molar-refractivity contribution in [2.75, 3.05) is 0 Å². The van der Waals surface area contributed by atoms with Crippen molar-refractivity contribution in [2.24, 2.45) is 22.9 Å². The minimum absolute atomic E-state index is 0.0833. The predicted octanol–water partition coefficient (Wildman–Crippen LogP) is -8.79. The van der Waals surface area contributed by atoms with Gasteiger partial charge in [0.1, 0.15) is 0 Å². The Morgan fingerprint density at radius 1 is 0.923 bits per heavy atom.